The number of anilines is 1. The molecule has 0 saturated heterocycles. The van der Waals surface area contributed by atoms with Crippen molar-refractivity contribution in [2.45, 2.75) is 32.9 Å². The van der Waals surface area contributed by atoms with Gasteiger partial charge in [-0.05, 0) is 37.0 Å². The molecule has 2 heterocycles. The van der Waals surface area contributed by atoms with Crippen LogP contribution in [0.5, 0.6) is 0 Å². The van der Waals surface area contributed by atoms with Gasteiger partial charge in [-0.15, -0.1) is 0 Å². The molecule has 4 nitrogen and oxygen atoms in total. The number of aromatic nitrogens is 2. The number of hydrogen-bond acceptors (Lipinski definition) is 3. The minimum absolute atomic E-state index is 0.626. The smallest absolute Gasteiger partial charge is 0.105 e. The lowest BCUT2D eigenvalue weighted by Crippen LogP contribution is -2.32. The molecule has 20 heavy (non-hydrogen) atoms. The van der Waals surface area contributed by atoms with Gasteiger partial charge in [-0.3, -0.25) is 0 Å². The molecule has 106 valence electrons. The molecule has 0 fully saturated rings. The number of hydrogen-bond donors (Lipinski definition) is 1. The highest BCUT2D eigenvalue weighted by molar-refractivity contribution is 5.56. The van der Waals surface area contributed by atoms with Gasteiger partial charge in [0.05, 0.1) is 0 Å². The Kier molecular flexibility index (Phi) is 3.74. The minimum atomic E-state index is 0.626. The lowest BCUT2D eigenvalue weighted by Gasteiger charge is -2.32. The fourth-order valence-corrected chi connectivity index (χ4v) is 2.96. The normalized spacial score (nSPS) is 14.4. The van der Waals surface area contributed by atoms with E-state index in [1.165, 1.54) is 29.7 Å². The van der Waals surface area contributed by atoms with E-state index in [-0.39, 0.29) is 0 Å². The molecular weight excluding hydrogens is 248 g/mol. The molecule has 1 aliphatic rings. The molecule has 0 bridgehead atoms. The van der Waals surface area contributed by atoms with E-state index in [1.54, 1.807) is 0 Å². The largest absolute Gasteiger partial charge is 0.370 e. The van der Waals surface area contributed by atoms with Crippen LogP contribution in [-0.2, 0) is 19.5 Å². The summed E-state index contributed by atoms with van der Waals surface area (Å²) in [5, 5.41) is 0. The highest BCUT2D eigenvalue weighted by atomic mass is 15.2. The molecule has 2 aromatic rings. The van der Waals surface area contributed by atoms with Gasteiger partial charge < -0.3 is 15.2 Å². The highest BCUT2D eigenvalue weighted by Gasteiger charge is 2.16. The molecule has 4 heteroatoms. The Morgan fingerprint density at radius 3 is 2.95 bits per heavy atom. The molecular formula is C16H22N4. The first kappa shape index (κ1) is 13.2. The van der Waals surface area contributed by atoms with Gasteiger partial charge in [0, 0.05) is 44.3 Å². The number of nitrogens with zero attached hydrogens (tertiary/aromatic N) is 3. The van der Waals surface area contributed by atoms with Crippen LogP contribution in [0.25, 0.3) is 0 Å². The van der Waals surface area contributed by atoms with Gasteiger partial charge in [-0.2, -0.15) is 0 Å². The topological polar surface area (TPSA) is 47.1 Å². The van der Waals surface area contributed by atoms with Crippen LogP contribution in [0.4, 0.5) is 5.69 Å². The summed E-state index contributed by atoms with van der Waals surface area (Å²) in [5.41, 5.74) is 9.79. The van der Waals surface area contributed by atoms with Crippen molar-refractivity contribution in [1.82, 2.24) is 9.55 Å². The van der Waals surface area contributed by atoms with Crippen molar-refractivity contribution < 1.29 is 0 Å². The van der Waals surface area contributed by atoms with E-state index in [2.05, 4.69) is 45.8 Å². The SMILES string of the molecule is Cc1nccn1CCN1CCCc2cc(CN)ccc21. The van der Waals surface area contributed by atoms with E-state index in [0.717, 1.165) is 25.5 Å². The number of aryl methyl sites for hydroxylation is 2. The second-order valence-corrected chi connectivity index (χ2v) is 5.43. The zero-order chi connectivity index (χ0) is 13.9. The van der Waals surface area contributed by atoms with Crippen LogP contribution in [0, 0.1) is 6.92 Å². The van der Waals surface area contributed by atoms with Gasteiger partial charge in [0.25, 0.3) is 0 Å². The summed E-state index contributed by atoms with van der Waals surface area (Å²) in [5.74, 6) is 1.08. The van der Waals surface area contributed by atoms with E-state index in [4.69, 9.17) is 5.73 Å². The molecule has 0 aliphatic carbocycles. The van der Waals surface area contributed by atoms with Gasteiger partial charge in [0.2, 0.25) is 0 Å². The summed E-state index contributed by atoms with van der Waals surface area (Å²) in [6.45, 7) is 5.85. The Labute approximate surface area is 120 Å². The van der Waals surface area contributed by atoms with Crippen LogP contribution in [0.15, 0.2) is 30.6 Å². The standard InChI is InChI=1S/C16H22N4/c1-13-18-6-8-19(13)9-10-20-7-2-3-15-11-14(12-17)4-5-16(15)20/h4-6,8,11H,2-3,7,9-10,12,17H2,1H3. The Morgan fingerprint density at radius 2 is 2.20 bits per heavy atom. The van der Waals surface area contributed by atoms with Crippen molar-refractivity contribution in [3.05, 3.63) is 47.5 Å². The van der Waals surface area contributed by atoms with Crippen LogP contribution in [-0.4, -0.2) is 22.6 Å². The number of fused-ring (bicyclic) bond motifs is 1. The molecule has 0 amide bonds. The first-order valence-corrected chi connectivity index (χ1v) is 7.32. The van der Waals surface area contributed by atoms with E-state index >= 15 is 0 Å². The van der Waals surface area contributed by atoms with Crippen molar-refractivity contribution in [3.8, 4) is 0 Å². The summed E-state index contributed by atoms with van der Waals surface area (Å²) in [6, 6.07) is 6.65. The lowest BCUT2D eigenvalue weighted by molar-refractivity contribution is 0.612. The minimum Gasteiger partial charge on any atom is -0.370 e. The third kappa shape index (κ3) is 2.56. The maximum atomic E-state index is 5.73. The maximum absolute atomic E-state index is 5.73. The predicted molar refractivity (Wildman–Crippen MR) is 81.8 cm³/mol. The number of benzene rings is 1. The Morgan fingerprint density at radius 1 is 1.30 bits per heavy atom. The average molecular weight is 270 g/mol. The molecule has 0 unspecified atom stereocenters. The molecule has 3 rings (SSSR count). The van der Waals surface area contributed by atoms with Crippen molar-refractivity contribution in [3.63, 3.8) is 0 Å². The van der Waals surface area contributed by atoms with Gasteiger partial charge in [0.1, 0.15) is 5.82 Å². The second-order valence-electron chi connectivity index (χ2n) is 5.43. The Hall–Kier alpha value is -1.81. The molecule has 1 aliphatic heterocycles. The van der Waals surface area contributed by atoms with Crippen LogP contribution < -0.4 is 10.6 Å². The molecule has 0 saturated carbocycles. The molecule has 0 atom stereocenters. The van der Waals surface area contributed by atoms with Crippen LogP contribution in [0.2, 0.25) is 0 Å². The van der Waals surface area contributed by atoms with Gasteiger partial charge in [-0.25, -0.2) is 4.98 Å². The van der Waals surface area contributed by atoms with Crippen LogP contribution >= 0.6 is 0 Å². The van der Waals surface area contributed by atoms with Crippen molar-refractivity contribution in [2.24, 2.45) is 5.73 Å². The molecule has 1 aromatic heterocycles. The lowest BCUT2D eigenvalue weighted by atomic mass is 9.99. The molecule has 1 aromatic carbocycles. The van der Waals surface area contributed by atoms with Gasteiger partial charge in [0.15, 0.2) is 0 Å². The number of rotatable bonds is 4. The highest BCUT2D eigenvalue weighted by Crippen LogP contribution is 2.27. The average Bonchev–Trinajstić information content (AvgIpc) is 2.89. The van der Waals surface area contributed by atoms with Crippen molar-refractivity contribution >= 4 is 5.69 Å². The van der Waals surface area contributed by atoms with Crippen LogP contribution in [0.1, 0.15) is 23.4 Å². The first-order valence-electron chi connectivity index (χ1n) is 7.32. The fraction of sp³-hybridized carbons (Fsp3) is 0.438. The number of imidazole rings is 1. The van der Waals surface area contributed by atoms with Gasteiger partial charge >= 0.3 is 0 Å². The fourth-order valence-electron chi connectivity index (χ4n) is 2.96. The quantitative estimate of drug-likeness (QED) is 0.925. The third-order valence-corrected chi connectivity index (χ3v) is 4.13. The summed E-state index contributed by atoms with van der Waals surface area (Å²) >= 11 is 0. The van der Waals surface area contributed by atoms with E-state index < -0.39 is 0 Å². The van der Waals surface area contributed by atoms with Crippen molar-refractivity contribution in [2.75, 3.05) is 18.0 Å². The summed E-state index contributed by atoms with van der Waals surface area (Å²) in [4.78, 5) is 6.76. The summed E-state index contributed by atoms with van der Waals surface area (Å²) in [7, 11) is 0. The predicted octanol–water partition coefficient (Wildman–Crippen LogP) is 2.10. The van der Waals surface area contributed by atoms with E-state index in [1.807, 2.05) is 6.20 Å². The van der Waals surface area contributed by atoms with Gasteiger partial charge in [-0.1, -0.05) is 12.1 Å². The molecule has 0 spiro atoms. The van der Waals surface area contributed by atoms with Crippen molar-refractivity contribution in [1.29, 1.82) is 0 Å². The molecule has 0 radical (unpaired) electrons. The zero-order valence-corrected chi connectivity index (χ0v) is 12.0. The van der Waals surface area contributed by atoms with E-state index in [0.29, 0.717) is 6.54 Å². The number of nitrogens with two attached hydrogens (primary N) is 1. The Bertz CT molecular complexity index is 588. The van der Waals surface area contributed by atoms with Crippen LogP contribution in [0.3, 0.4) is 0 Å². The third-order valence-electron chi connectivity index (χ3n) is 4.13. The zero-order valence-electron chi connectivity index (χ0n) is 12.0. The Balaban J connectivity index is 1.75. The monoisotopic (exact) mass is 270 g/mol. The maximum Gasteiger partial charge on any atom is 0.105 e. The second kappa shape index (κ2) is 5.67. The summed E-state index contributed by atoms with van der Waals surface area (Å²) < 4.78 is 2.21. The molecule has 2 N–H and O–H groups in total. The summed E-state index contributed by atoms with van der Waals surface area (Å²) in [6.07, 6.45) is 6.32. The first-order chi connectivity index (χ1) is 9.78. The van der Waals surface area contributed by atoms with E-state index in [9.17, 15) is 0 Å².